The van der Waals surface area contributed by atoms with Crippen molar-refractivity contribution in [3.05, 3.63) is 63.5 Å². The Morgan fingerprint density at radius 1 is 1.33 bits per heavy atom. The molecule has 138 valence electrons. The van der Waals surface area contributed by atoms with Gasteiger partial charge in [-0.15, -0.1) is 11.3 Å². The van der Waals surface area contributed by atoms with Crippen LogP contribution < -0.4 is 10.2 Å². The minimum atomic E-state index is -0.144. The molecule has 0 spiro atoms. The van der Waals surface area contributed by atoms with Crippen LogP contribution in [-0.2, 0) is 12.8 Å². The molecule has 1 aromatic carbocycles. The molecule has 1 N–H and O–H groups in total. The van der Waals surface area contributed by atoms with E-state index < -0.39 is 0 Å². The molecule has 0 aliphatic carbocycles. The van der Waals surface area contributed by atoms with Gasteiger partial charge in [-0.1, -0.05) is 6.92 Å². The molecule has 3 aromatic rings. The minimum absolute atomic E-state index is 0.0772. The third kappa shape index (κ3) is 3.26. The number of nitrogens with one attached hydrogen (secondary N) is 1. The van der Waals surface area contributed by atoms with E-state index in [1.807, 2.05) is 32.0 Å². The number of thiazole rings is 1. The number of nitrogens with zero attached hydrogens (tertiary/aromatic N) is 2. The quantitative estimate of drug-likeness (QED) is 0.739. The molecular formula is C20H19N3O3S. The summed E-state index contributed by atoms with van der Waals surface area (Å²) in [6.07, 6.45) is 4.52. The van der Waals surface area contributed by atoms with Gasteiger partial charge in [0.05, 0.1) is 22.5 Å². The lowest BCUT2D eigenvalue weighted by Crippen LogP contribution is -2.28. The lowest BCUT2D eigenvalue weighted by atomic mass is 10.1. The van der Waals surface area contributed by atoms with Crippen LogP contribution in [0.5, 0.6) is 0 Å². The van der Waals surface area contributed by atoms with E-state index in [1.54, 1.807) is 11.0 Å². The fourth-order valence-electron chi connectivity index (χ4n) is 3.23. The summed E-state index contributed by atoms with van der Waals surface area (Å²) >= 11 is 1.43. The molecule has 0 fully saturated rings. The van der Waals surface area contributed by atoms with Crippen molar-refractivity contribution in [3.8, 4) is 0 Å². The number of amides is 2. The van der Waals surface area contributed by atoms with Gasteiger partial charge in [0, 0.05) is 17.9 Å². The highest BCUT2D eigenvalue weighted by Crippen LogP contribution is 2.32. The lowest BCUT2D eigenvalue weighted by Gasteiger charge is -2.16. The van der Waals surface area contributed by atoms with Gasteiger partial charge in [0.15, 0.2) is 0 Å². The SMILES string of the molecule is CCc1nc(C)c(C(=O)Nc2ccc3c(c2)CCN3C(=O)c2ccoc2)s1. The fraction of sp³-hybridized carbons (Fsp3) is 0.250. The van der Waals surface area contributed by atoms with E-state index in [0.717, 1.165) is 40.5 Å². The highest BCUT2D eigenvalue weighted by atomic mass is 32.1. The van der Waals surface area contributed by atoms with Crippen LogP contribution >= 0.6 is 11.3 Å². The molecule has 3 heterocycles. The van der Waals surface area contributed by atoms with Gasteiger partial charge in [0.1, 0.15) is 11.1 Å². The van der Waals surface area contributed by atoms with Crippen LogP contribution in [-0.4, -0.2) is 23.3 Å². The van der Waals surface area contributed by atoms with E-state index in [-0.39, 0.29) is 11.8 Å². The molecule has 0 saturated heterocycles. The maximum atomic E-state index is 12.6. The molecule has 2 amide bonds. The van der Waals surface area contributed by atoms with Crippen LogP contribution in [0, 0.1) is 6.92 Å². The molecule has 0 radical (unpaired) electrons. The van der Waals surface area contributed by atoms with Crippen molar-refractivity contribution in [1.82, 2.24) is 4.98 Å². The van der Waals surface area contributed by atoms with E-state index >= 15 is 0 Å². The van der Waals surface area contributed by atoms with Crippen molar-refractivity contribution >= 4 is 34.5 Å². The highest BCUT2D eigenvalue weighted by molar-refractivity contribution is 7.13. The van der Waals surface area contributed by atoms with Gasteiger partial charge in [0.25, 0.3) is 11.8 Å². The van der Waals surface area contributed by atoms with Crippen molar-refractivity contribution in [3.63, 3.8) is 0 Å². The zero-order valence-corrected chi connectivity index (χ0v) is 15.9. The summed E-state index contributed by atoms with van der Waals surface area (Å²) in [5.74, 6) is -0.222. The summed E-state index contributed by atoms with van der Waals surface area (Å²) in [5, 5.41) is 3.91. The first-order chi connectivity index (χ1) is 13.1. The standard InChI is InChI=1S/C20H19N3O3S/c1-3-17-21-12(2)18(27-17)19(24)22-15-4-5-16-13(10-15)6-8-23(16)20(25)14-7-9-26-11-14/h4-5,7,9-11H,3,6,8H2,1-2H3,(H,22,24). The number of anilines is 2. The second kappa shape index (κ2) is 7.00. The second-order valence-corrected chi connectivity index (χ2v) is 7.48. The zero-order valence-electron chi connectivity index (χ0n) is 15.1. The molecule has 7 heteroatoms. The molecule has 1 aliphatic rings. The largest absolute Gasteiger partial charge is 0.472 e. The Balaban J connectivity index is 1.53. The molecule has 27 heavy (non-hydrogen) atoms. The number of rotatable bonds is 4. The van der Waals surface area contributed by atoms with Crippen molar-refractivity contribution in [1.29, 1.82) is 0 Å². The number of aromatic nitrogens is 1. The molecule has 0 atom stereocenters. The zero-order chi connectivity index (χ0) is 19.0. The summed E-state index contributed by atoms with van der Waals surface area (Å²) in [4.78, 5) is 31.9. The predicted molar refractivity (Wildman–Crippen MR) is 105 cm³/mol. The van der Waals surface area contributed by atoms with Gasteiger partial charge in [-0.3, -0.25) is 9.59 Å². The van der Waals surface area contributed by atoms with Crippen molar-refractivity contribution in [2.45, 2.75) is 26.7 Å². The topological polar surface area (TPSA) is 75.4 Å². The summed E-state index contributed by atoms with van der Waals surface area (Å²) in [6, 6.07) is 7.31. The molecular weight excluding hydrogens is 362 g/mol. The van der Waals surface area contributed by atoms with E-state index in [4.69, 9.17) is 4.42 Å². The maximum absolute atomic E-state index is 12.6. The van der Waals surface area contributed by atoms with Gasteiger partial charge < -0.3 is 14.6 Å². The molecule has 1 aliphatic heterocycles. The van der Waals surface area contributed by atoms with Crippen LogP contribution in [0.1, 0.15) is 43.2 Å². The van der Waals surface area contributed by atoms with E-state index in [1.165, 1.54) is 23.9 Å². The number of fused-ring (bicyclic) bond motifs is 1. The summed E-state index contributed by atoms with van der Waals surface area (Å²) in [6.45, 7) is 4.49. The molecule has 6 nitrogen and oxygen atoms in total. The monoisotopic (exact) mass is 381 g/mol. The van der Waals surface area contributed by atoms with E-state index in [0.29, 0.717) is 17.0 Å². The Hall–Kier alpha value is -2.93. The number of hydrogen-bond donors (Lipinski definition) is 1. The fourth-order valence-corrected chi connectivity index (χ4v) is 4.13. The van der Waals surface area contributed by atoms with Gasteiger partial charge in [0.2, 0.25) is 0 Å². The second-order valence-electron chi connectivity index (χ2n) is 6.39. The average Bonchev–Trinajstić information content (AvgIpc) is 3.40. The van der Waals surface area contributed by atoms with Gasteiger partial charge >= 0.3 is 0 Å². The Bertz CT molecular complexity index is 1010. The maximum Gasteiger partial charge on any atom is 0.267 e. The van der Waals surface area contributed by atoms with Crippen molar-refractivity contribution in [2.75, 3.05) is 16.8 Å². The van der Waals surface area contributed by atoms with E-state index in [2.05, 4.69) is 10.3 Å². The molecule has 4 rings (SSSR count). The van der Waals surface area contributed by atoms with Gasteiger partial charge in [-0.25, -0.2) is 4.98 Å². The predicted octanol–water partition coefficient (Wildman–Crippen LogP) is 4.06. The van der Waals surface area contributed by atoms with Crippen molar-refractivity contribution in [2.24, 2.45) is 0 Å². The Labute approximate surface area is 160 Å². The van der Waals surface area contributed by atoms with Crippen LogP contribution in [0.15, 0.2) is 41.2 Å². The van der Waals surface area contributed by atoms with Crippen LogP contribution in [0.25, 0.3) is 0 Å². The first kappa shape index (κ1) is 17.5. The van der Waals surface area contributed by atoms with Crippen molar-refractivity contribution < 1.29 is 14.0 Å². The molecule has 2 aromatic heterocycles. The average molecular weight is 381 g/mol. The number of aryl methyl sites for hydroxylation is 2. The lowest BCUT2D eigenvalue weighted by molar-refractivity contribution is 0.0987. The highest BCUT2D eigenvalue weighted by Gasteiger charge is 2.26. The normalized spacial score (nSPS) is 12.9. The summed E-state index contributed by atoms with van der Waals surface area (Å²) in [5.41, 5.74) is 3.93. The third-order valence-corrected chi connectivity index (χ3v) is 5.90. The van der Waals surface area contributed by atoms with E-state index in [9.17, 15) is 9.59 Å². The van der Waals surface area contributed by atoms with Gasteiger partial charge in [-0.05, 0) is 49.6 Å². The smallest absolute Gasteiger partial charge is 0.267 e. The molecule has 0 bridgehead atoms. The Kier molecular flexibility index (Phi) is 4.53. The number of hydrogen-bond acceptors (Lipinski definition) is 5. The number of furan rings is 1. The summed E-state index contributed by atoms with van der Waals surface area (Å²) < 4.78 is 5.01. The molecule has 0 unspecified atom stereocenters. The first-order valence-electron chi connectivity index (χ1n) is 8.81. The number of benzene rings is 1. The van der Waals surface area contributed by atoms with Crippen LogP contribution in [0.2, 0.25) is 0 Å². The molecule has 0 saturated carbocycles. The number of carbonyl (C=O) groups excluding carboxylic acids is 2. The minimum Gasteiger partial charge on any atom is -0.472 e. The Morgan fingerprint density at radius 3 is 2.89 bits per heavy atom. The van der Waals surface area contributed by atoms with Crippen LogP contribution in [0.4, 0.5) is 11.4 Å². The Morgan fingerprint density at radius 2 is 2.19 bits per heavy atom. The van der Waals surface area contributed by atoms with Crippen LogP contribution in [0.3, 0.4) is 0 Å². The summed E-state index contributed by atoms with van der Waals surface area (Å²) in [7, 11) is 0. The third-order valence-electron chi connectivity index (χ3n) is 4.60. The number of carbonyl (C=O) groups is 2. The van der Waals surface area contributed by atoms with Gasteiger partial charge in [-0.2, -0.15) is 0 Å². The first-order valence-corrected chi connectivity index (χ1v) is 9.63.